The van der Waals surface area contributed by atoms with Crippen LogP contribution in [0.5, 0.6) is 0 Å². The molecule has 0 radical (unpaired) electrons. The molecule has 2 heterocycles. The molecule has 5 heteroatoms. The number of aromatic amines is 1. The van der Waals surface area contributed by atoms with E-state index >= 15 is 0 Å². The van der Waals surface area contributed by atoms with E-state index in [1.807, 2.05) is 0 Å². The minimum Gasteiger partial charge on any atom is -0.359 e. The Morgan fingerprint density at radius 2 is 2.38 bits per heavy atom. The maximum absolute atomic E-state index is 10.5. The van der Waals surface area contributed by atoms with Crippen molar-refractivity contribution in [2.24, 2.45) is 0 Å². The fraction of sp³-hybridized carbons (Fsp3) is 0.125. The number of pyridine rings is 1. The third kappa shape index (κ3) is 1.05. The Morgan fingerprint density at radius 3 is 3.08 bits per heavy atom. The third-order valence-electron chi connectivity index (χ3n) is 2.01. The van der Waals surface area contributed by atoms with E-state index in [-0.39, 0.29) is 5.69 Å². The van der Waals surface area contributed by atoms with Gasteiger partial charge >= 0.3 is 0 Å². The van der Waals surface area contributed by atoms with Crippen molar-refractivity contribution in [2.45, 2.75) is 6.92 Å². The molecule has 1 N–H and O–H groups in total. The van der Waals surface area contributed by atoms with Crippen molar-refractivity contribution < 1.29 is 4.92 Å². The van der Waals surface area contributed by atoms with Gasteiger partial charge in [0.2, 0.25) is 0 Å². The molecule has 0 saturated heterocycles. The number of rotatable bonds is 1. The maximum atomic E-state index is 10.5. The van der Waals surface area contributed by atoms with E-state index in [1.54, 1.807) is 19.2 Å². The molecule has 0 amide bonds. The van der Waals surface area contributed by atoms with E-state index in [1.165, 1.54) is 6.20 Å². The highest BCUT2D eigenvalue weighted by molar-refractivity contribution is 5.81. The Balaban J connectivity index is 2.80. The number of nitrogens with one attached hydrogen (secondary N) is 1. The van der Waals surface area contributed by atoms with E-state index < -0.39 is 4.92 Å². The molecule has 0 fully saturated rings. The molecule has 5 nitrogen and oxygen atoms in total. The van der Waals surface area contributed by atoms with E-state index in [9.17, 15) is 10.1 Å². The first-order valence-corrected chi connectivity index (χ1v) is 3.77. The van der Waals surface area contributed by atoms with Crippen LogP contribution in [0, 0.1) is 17.0 Å². The van der Waals surface area contributed by atoms with Crippen molar-refractivity contribution in [3.63, 3.8) is 0 Å². The molecular formula is C8H7N3O2. The summed E-state index contributed by atoms with van der Waals surface area (Å²) in [6.45, 7) is 1.71. The van der Waals surface area contributed by atoms with Crippen LogP contribution in [-0.4, -0.2) is 14.9 Å². The van der Waals surface area contributed by atoms with Crippen molar-refractivity contribution in [1.29, 1.82) is 0 Å². The van der Waals surface area contributed by atoms with Crippen LogP contribution in [0.3, 0.4) is 0 Å². The van der Waals surface area contributed by atoms with Gasteiger partial charge in [-0.3, -0.25) is 10.1 Å². The molecule has 66 valence electrons. The van der Waals surface area contributed by atoms with E-state index in [0.29, 0.717) is 5.56 Å². The molecule has 0 spiro atoms. The number of hydrogen-bond donors (Lipinski definition) is 1. The lowest BCUT2D eigenvalue weighted by atomic mass is 10.2. The van der Waals surface area contributed by atoms with Crippen molar-refractivity contribution in [3.8, 4) is 0 Å². The summed E-state index contributed by atoms with van der Waals surface area (Å²) in [6, 6.07) is 1.78. The summed E-state index contributed by atoms with van der Waals surface area (Å²) in [5, 5.41) is 10.5. The fourth-order valence-corrected chi connectivity index (χ4v) is 1.31. The molecule has 13 heavy (non-hydrogen) atoms. The van der Waals surface area contributed by atoms with Crippen LogP contribution in [0.2, 0.25) is 0 Å². The molecule has 0 aliphatic rings. The van der Waals surface area contributed by atoms with Gasteiger partial charge in [-0.1, -0.05) is 0 Å². The van der Waals surface area contributed by atoms with Crippen molar-refractivity contribution in [2.75, 3.05) is 0 Å². The first-order chi connectivity index (χ1) is 6.20. The lowest BCUT2D eigenvalue weighted by Gasteiger charge is -1.96. The molecule has 2 rings (SSSR count). The smallest absolute Gasteiger partial charge is 0.292 e. The molecule has 0 aromatic carbocycles. The standard InChI is InChI=1S/C8H7N3O2/c1-5-7(11(12)13)4-10-6-2-3-9-8(5)6/h2-4,9H,1H3. The molecule has 0 aliphatic carbocycles. The van der Waals surface area contributed by atoms with E-state index in [2.05, 4.69) is 9.97 Å². The Labute approximate surface area is 73.6 Å². The van der Waals surface area contributed by atoms with E-state index in [0.717, 1.165) is 11.0 Å². The second-order valence-corrected chi connectivity index (χ2v) is 2.76. The number of hydrogen-bond acceptors (Lipinski definition) is 3. The number of nitrogens with zero attached hydrogens (tertiary/aromatic N) is 2. The second kappa shape index (κ2) is 2.55. The zero-order chi connectivity index (χ0) is 9.42. The highest BCUT2D eigenvalue weighted by Crippen LogP contribution is 2.23. The van der Waals surface area contributed by atoms with Gasteiger partial charge < -0.3 is 4.98 Å². The monoisotopic (exact) mass is 177 g/mol. The van der Waals surface area contributed by atoms with Gasteiger partial charge in [-0.05, 0) is 13.0 Å². The molecule has 0 atom stereocenters. The Kier molecular flexibility index (Phi) is 1.51. The Bertz CT molecular complexity index is 475. The summed E-state index contributed by atoms with van der Waals surface area (Å²) < 4.78 is 0. The SMILES string of the molecule is Cc1c([N+](=O)[O-])cnc2cc[nH]c12. The average molecular weight is 177 g/mol. The van der Waals surface area contributed by atoms with Gasteiger partial charge in [0.25, 0.3) is 5.69 Å². The highest BCUT2D eigenvalue weighted by Gasteiger charge is 2.13. The lowest BCUT2D eigenvalue weighted by Crippen LogP contribution is -1.93. The van der Waals surface area contributed by atoms with Crippen LogP contribution in [0.25, 0.3) is 11.0 Å². The first kappa shape index (κ1) is 7.72. The molecular weight excluding hydrogens is 170 g/mol. The molecule has 0 unspecified atom stereocenters. The van der Waals surface area contributed by atoms with Gasteiger partial charge in [0.15, 0.2) is 0 Å². The summed E-state index contributed by atoms with van der Waals surface area (Å²) in [6.07, 6.45) is 3.00. The van der Waals surface area contributed by atoms with Gasteiger partial charge in [-0.25, -0.2) is 4.98 Å². The predicted octanol–water partition coefficient (Wildman–Crippen LogP) is 1.78. The Hall–Kier alpha value is -1.91. The zero-order valence-corrected chi connectivity index (χ0v) is 6.94. The topological polar surface area (TPSA) is 71.8 Å². The van der Waals surface area contributed by atoms with Crippen molar-refractivity contribution in [1.82, 2.24) is 9.97 Å². The van der Waals surface area contributed by atoms with Crippen LogP contribution in [0.15, 0.2) is 18.5 Å². The molecule has 2 aromatic rings. The van der Waals surface area contributed by atoms with Crippen molar-refractivity contribution in [3.05, 3.63) is 34.1 Å². The normalized spacial score (nSPS) is 10.5. The van der Waals surface area contributed by atoms with Crippen LogP contribution in [0.4, 0.5) is 5.69 Å². The average Bonchev–Trinajstić information content (AvgIpc) is 2.52. The number of nitro groups is 1. The highest BCUT2D eigenvalue weighted by atomic mass is 16.6. The summed E-state index contributed by atoms with van der Waals surface area (Å²) in [4.78, 5) is 17.0. The largest absolute Gasteiger partial charge is 0.359 e. The molecule has 0 saturated carbocycles. The van der Waals surface area contributed by atoms with Gasteiger partial charge in [0, 0.05) is 6.20 Å². The summed E-state index contributed by atoms with van der Waals surface area (Å²) in [5.74, 6) is 0. The van der Waals surface area contributed by atoms with Crippen LogP contribution in [0.1, 0.15) is 5.56 Å². The fourth-order valence-electron chi connectivity index (χ4n) is 1.31. The quantitative estimate of drug-likeness (QED) is 0.533. The second-order valence-electron chi connectivity index (χ2n) is 2.76. The molecule has 2 aromatic heterocycles. The van der Waals surface area contributed by atoms with Crippen LogP contribution in [-0.2, 0) is 0 Å². The number of fused-ring (bicyclic) bond motifs is 1. The lowest BCUT2D eigenvalue weighted by molar-refractivity contribution is -0.385. The number of aromatic nitrogens is 2. The first-order valence-electron chi connectivity index (χ1n) is 3.77. The van der Waals surface area contributed by atoms with Gasteiger partial charge in [0.05, 0.1) is 21.5 Å². The predicted molar refractivity (Wildman–Crippen MR) is 47.5 cm³/mol. The maximum Gasteiger partial charge on any atom is 0.292 e. The van der Waals surface area contributed by atoms with Gasteiger partial charge in [0.1, 0.15) is 6.20 Å². The summed E-state index contributed by atoms with van der Waals surface area (Å²) in [7, 11) is 0. The molecule has 0 aliphatic heterocycles. The number of aryl methyl sites for hydroxylation is 1. The van der Waals surface area contributed by atoms with Crippen molar-refractivity contribution >= 4 is 16.7 Å². The van der Waals surface area contributed by atoms with Crippen LogP contribution >= 0.6 is 0 Å². The zero-order valence-electron chi connectivity index (χ0n) is 6.94. The van der Waals surface area contributed by atoms with Crippen LogP contribution < -0.4 is 0 Å². The summed E-state index contributed by atoms with van der Waals surface area (Å²) >= 11 is 0. The minimum absolute atomic E-state index is 0.0509. The Morgan fingerprint density at radius 1 is 1.62 bits per heavy atom. The minimum atomic E-state index is -0.428. The molecule has 0 bridgehead atoms. The van der Waals surface area contributed by atoms with E-state index in [4.69, 9.17) is 0 Å². The van der Waals surface area contributed by atoms with Gasteiger partial charge in [-0.15, -0.1) is 0 Å². The number of H-pyrrole nitrogens is 1. The third-order valence-corrected chi connectivity index (χ3v) is 2.01. The van der Waals surface area contributed by atoms with Gasteiger partial charge in [-0.2, -0.15) is 0 Å². The summed E-state index contributed by atoms with van der Waals surface area (Å²) in [5.41, 5.74) is 2.16.